The lowest BCUT2D eigenvalue weighted by molar-refractivity contribution is 0.264. The predicted octanol–water partition coefficient (Wildman–Crippen LogP) is 3.33. The van der Waals surface area contributed by atoms with E-state index >= 15 is 0 Å². The molecule has 4 nitrogen and oxygen atoms in total. The molecule has 1 saturated carbocycles. The van der Waals surface area contributed by atoms with Crippen LogP contribution in [0.15, 0.2) is 47.3 Å². The Morgan fingerprint density at radius 2 is 1.83 bits per heavy atom. The quantitative estimate of drug-likeness (QED) is 0.779. The summed E-state index contributed by atoms with van der Waals surface area (Å²) in [5, 5.41) is 0. The van der Waals surface area contributed by atoms with E-state index in [0.717, 1.165) is 22.2 Å². The van der Waals surface area contributed by atoms with Gasteiger partial charge in [-0.15, -0.1) is 0 Å². The summed E-state index contributed by atoms with van der Waals surface area (Å²) >= 11 is 0. The van der Waals surface area contributed by atoms with Crippen LogP contribution in [0.25, 0.3) is 22.2 Å². The van der Waals surface area contributed by atoms with Crippen molar-refractivity contribution in [3.05, 3.63) is 58.5 Å². The largest absolute Gasteiger partial charge is 0.326 e. The highest BCUT2D eigenvalue weighted by molar-refractivity contribution is 5.82. The predicted molar refractivity (Wildman–Crippen MR) is 93.2 cm³/mol. The van der Waals surface area contributed by atoms with Gasteiger partial charge < -0.3 is 10.7 Å². The van der Waals surface area contributed by atoms with Gasteiger partial charge in [0.2, 0.25) is 0 Å². The second-order valence-electron chi connectivity index (χ2n) is 6.56. The fourth-order valence-corrected chi connectivity index (χ4v) is 3.37. The van der Waals surface area contributed by atoms with Crippen LogP contribution in [0, 0.1) is 5.92 Å². The maximum Gasteiger partial charge on any atom is 0.326 e. The zero-order valence-corrected chi connectivity index (χ0v) is 13.3. The molecule has 0 saturated heterocycles. The lowest BCUT2D eigenvalue weighted by Crippen LogP contribution is -2.26. The molecule has 1 atom stereocenters. The molecule has 118 valence electrons. The van der Waals surface area contributed by atoms with Gasteiger partial charge in [-0.1, -0.05) is 36.8 Å². The van der Waals surface area contributed by atoms with Gasteiger partial charge in [-0.3, -0.25) is 4.57 Å². The molecule has 1 fully saturated rings. The third kappa shape index (κ3) is 2.39. The Kier molecular flexibility index (Phi) is 3.34. The van der Waals surface area contributed by atoms with Crippen LogP contribution in [0.2, 0.25) is 0 Å². The highest BCUT2D eigenvalue weighted by Gasteiger charge is 2.25. The average molecular weight is 307 g/mol. The summed E-state index contributed by atoms with van der Waals surface area (Å²) in [5.74, 6) is 0.645. The summed E-state index contributed by atoms with van der Waals surface area (Å²) in [6, 6.07) is 14.7. The van der Waals surface area contributed by atoms with Gasteiger partial charge in [0, 0.05) is 13.1 Å². The second-order valence-corrected chi connectivity index (χ2v) is 6.56. The molecular weight excluding hydrogens is 286 g/mol. The molecular formula is C19H21N3O. The summed E-state index contributed by atoms with van der Waals surface area (Å²) in [6.45, 7) is 0. The lowest BCUT2D eigenvalue weighted by atomic mass is 9.77. The SMILES string of the molecule is Cn1c(=O)[nH]c2ccc(-c3ccc(C(N)C4CCC4)cc3)cc21. The number of imidazole rings is 1. The monoisotopic (exact) mass is 307 g/mol. The van der Waals surface area contributed by atoms with Crippen LogP contribution < -0.4 is 11.4 Å². The Hall–Kier alpha value is -2.33. The number of hydrogen-bond acceptors (Lipinski definition) is 2. The summed E-state index contributed by atoms with van der Waals surface area (Å²) in [4.78, 5) is 14.5. The van der Waals surface area contributed by atoms with Crippen molar-refractivity contribution in [1.82, 2.24) is 9.55 Å². The molecule has 0 spiro atoms. The van der Waals surface area contributed by atoms with Gasteiger partial charge in [-0.2, -0.15) is 0 Å². The molecule has 2 aromatic carbocycles. The normalized spacial score (nSPS) is 16.4. The summed E-state index contributed by atoms with van der Waals surface area (Å²) in [5.41, 5.74) is 11.5. The maximum absolute atomic E-state index is 11.7. The zero-order chi connectivity index (χ0) is 16.0. The first-order valence-electron chi connectivity index (χ1n) is 8.18. The molecule has 3 N–H and O–H groups in total. The number of nitrogens with one attached hydrogen (secondary N) is 1. The second kappa shape index (κ2) is 5.39. The van der Waals surface area contributed by atoms with Crippen molar-refractivity contribution in [3.8, 4) is 11.1 Å². The molecule has 23 heavy (non-hydrogen) atoms. The van der Waals surface area contributed by atoms with Gasteiger partial charge in [-0.25, -0.2) is 4.79 Å². The van der Waals surface area contributed by atoms with Gasteiger partial charge in [0.1, 0.15) is 0 Å². The van der Waals surface area contributed by atoms with Crippen LogP contribution >= 0.6 is 0 Å². The van der Waals surface area contributed by atoms with E-state index in [2.05, 4.69) is 29.2 Å². The Bertz CT molecular complexity index is 901. The molecule has 1 heterocycles. The van der Waals surface area contributed by atoms with E-state index in [9.17, 15) is 4.79 Å². The van der Waals surface area contributed by atoms with Crippen LogP contribution in [0.1, 0.15) is 30.9 Å². The van der Waals surface area contributed by atoms with E-state index in [4.69, 9.17) is 5.73 Å². The van der Waals surface area contributed by atoms with E-state index in [1.165, 1.54) is 24.8 Å². The van der Waals surface area contributed by atoms with Crippen molar-refractivity contribution in [1.29, 1.82) is 0 Å². The molecule has 1 unspecified atom stereocenters. The molecule has 1 aliphatic rings. The van der Waals surface area contributed by atoms with Gasteiger partial charge in [0.05, 0.1) is 11.0 Å². The van der Waals surface area contributed by atoms with Crippen molar-refractivity contribution in [2.75, 3.05) is 0 Å². The van der Waals surface area contributed by atoms with Crippen LogP contribution in [0.5, 0.6) is 0 Å². The van der Waals surface area contributed by atoms with Crippen molar-refractivity contribution in [3.63, 3.8) is 0 Å². The number of aromatic nitrogens is 2. The van der Waals surface area contributed by atoms with Crippen molar-refractivity contribution >= 4 is 11.0 Å². The molecule has 0 bridgehead atoms. The van der Waals surface area contributed by atoms with Gasteiger partial charge in [0.15, 0.2) is 0 Å². The standard InChI is InChI=1S/C19H21N3O/c1-22-17-11-15(9-10-16(17)21-19(22)23)12-5-7-14(8-6-12)18(20)13-3-2-4-13/h5-11,13,18H,2-4,20H2,1H3,(H,21,23). The Balaban J connectivity index is 1.67. The highest BCUT2D eigenvalue weighted by Crippen LogP contribution is 2.36. The number of hydrogen-bond donors (Lipinski definition) is 2. The molecule has 4 rings (SSSR count). The lowest BCUT2D eigenvalue weighted by Gasteiger charge is -2.31. The molecule has 3 aromatic rings. The minimum absolute atomic E-state index is 0.0843. The van der Waals surface area contributed by atoms with E-state index in [1.54, 1.807) is 11.6 Å². The topological polar surface area (TPSA) is 63.8 Å². The maximum atomic E-state index is 11.7. The Labute approximate surface area is 134 Å². The van der Waals surface area contributed by atoms with E-state index in [0.29, 0.717) is 5.92 Å². The summed E-state index contributed by atoms with van der Waals surface area (Å²) in [7, 11) is 1.78. The summed E-state index contributed by atoms with van der Waals surface area (Å²) < 4.78 is 1.64. The fourth-order valence-electron chi connectivity index (χ4n) is 3.37. The van der Waals surface area contributed by atoms with E-state index in [1.807, 2.05) is 18.2 Å². The van der Waals surface area contributed by atoms with Crippen molar-refractivity contribution in [2.24, 2.45) is 18.7 Å². The van der Waals surface area contributed by atoms with Crippen molar-refractivity contribution in [2.45, 2.75) is 25.3 Å². The van der Waals surface area contributed by atoms with Gasteiger partial charge in [-0.05, 0) is 47.6 Å². The number of aromatic amines is 1. The fraction of sp³-hybridized carbons (Fsp3) is 0.316. The molecule has 1 aromatic heterocycles. The molecule has 0 aliphatic heterocycles. The van der Waals surface area contributed by atoms with Crippen molar-refractivity contribution < 1.29 is 0 Å². The molecule has 4 heteroatoms. The average Bonchev–Trinajstić information content (AvgIpc) is 2.80. The highest BCUT2D eigenvalue weighted by atomic mass is 16.1. The van der Waals surface area contributed by atoms with Crippen LogP contribution in [-0.2, 0) is 7.05 Å². The van der Waals surface area contributed by atoms with Gasteiger partial charge in [0.25, 0.3) is 0 Å². The minimum atomic E-state index is -0.0843. The number of nitrogens with two attached hydrogens (primary N) is 1. The first-order valence-corrected chi connectivity index (χ1v) is 8.18. The number of fused-ring (bicyclic) bond motifs is 1. The Morgan fingerprint density at radius 3 is 2.48 bits per heavy atom. The first-order chi connectivity index (χ1) is 11.1. The number of aryl methyl sites for hydroxylation is 1. The third-order valence-electron chi connectivity index (χ3n) is 5.19. The molecule has 0 radical (unpaired) electrons. The first kappa shape index (κ1) is 14.3. The molecule has 1 aliphatic carbocycles. The molecule has 0 amide bonds. The minimum Gasteiger partial charge on any atom is -0.324 e. The number of rotatable bonds is 3. The van der Waals surface area contributed by atoms with Crippen LogP contribution in [0.3, 0.4) is 0 Å². The number of nitrogens with zero attached hydrogens (tertiary/aromatic N) is 1. The smallest absolute Gasteiger partial charge is 0.324 e. The number of benzene rings is 2. The van der Waals surface area contributed by atoms with Gasteiger partial charge >= 0.3 is 5.69 Å². The van der Waals surface area contributed by atoms with Crippen LogP contribution in [-0.4, -0.2) is 9.55 Å². The zero-order valence-electron chi connectivity index (χ0n) is 13.3. The third-order valence-corrected chi connectivity index (χ3v) is 5.19. The van der Waals surface area contributed by atoms with E-state index in [-0.39, 0.29) is 11.7 Å². The van der Waals surface area contributed by atoms with E-state index < -0.39 is 0 Å². The van der Waals surface area contributed by atoms with Crippen LogP contribution in [0.4, 0.5) is 0 Å². The summed E-state index contributed by atoms with van der Waals surface area (Å²) in [6.07, 6.45) is 3.81. The number of H-pyrrole nitrogens is 1. The Morgan fingerprint density at radius 1 is 1.13 bits per heavy atom.